The van der Waals surface area contributed by atoms with Crippen LogP contribution in [0.25, 0.3) is 10.2 Å². The molecule has 0 spiro atoms. The lowest BCUT2D eigenvalue weighted by atomic mass is 9.96. The van der Waals surface area contributed by atoms with Crippen LogP contribution < -0.4 is 10.2 Å². The van der Waals surface area contributed by atoms with Crippen molar-refractivity contribution in [3.8, 4) is 0 Å². The first kappa shape index (κ1) is 12.6. The van der Waals surface area contributed by atoms with Gasteiger partial charge in [0.1, 0.15) is 10.6 Å². The topological polar surface area (TPSA) is 61.3 Å². The Hall–Kier alpha value is -1.40. The minimum Gasteiger partial charge on any atom is -0.391 e. The number of piperidine rings is 1. The number of aliphatic hydroxyl groups is 1. The van der Waals surface area contributed by atoms with E-state index in [0.29, 0.717) is 18.4 Å². The zero-order chi connectivity index (χ0) is 13.4. The zero-order valence-electron chi connectivity index (χ0n) is 11.1. The van der Waals surface area contributed by atoms with Gasteiger partial charge in [-0.05, 0) is 23.8 Å². The van der Waals surface area contributed by atoms with Crippen LogP contribution >= 0.6 is 11.3 Å². The number of aliphatic hydroxyl groups excluding tert-OH is 1. The Morgan fingerprint density at radius 1 is 1.47 bits per heavy atom. The van der Waals surface area contributed by atoms with Crippen LogP contribution in [0.4, 0.5) is 11.8 Å². The summed E-state index contributed by atoms with van der Waals surface area (Å²) in [6, 6.07) is 2.05. The van der Waals surface area contributed by atoms with Gasteiger partial charge >= 0.3 is 0 Å². The molecule has 0 saturated carbocycles. The molecule has 2 aromatic rings. The minimum absolute atomic E-state index is 0.282. The van der Waals surface area contributed by atoms with Gasteiger partial charge in [0.25, 0.3) is 0 Å². The van der Waals surface area contributed by atoms with E-state index in [4.69, 9.17) is 0 Å². The molecule has 0 amide bonds. The predicted octanol–water partition coefficient (Wildman–Crippen LogP) is 1.94. The van der Waals surface area contributed by atoms with E-state index in [9.17, 15) is 5.11 Å². The Bertz CT molecular complexity index is 585. The molecule has 0 aliphatic carbocycles. The Morgan fingerprint density at radius 2 is 2.32 bits per heavy atom. The van der Waals surface area contributed by atoms with Gasteiger partial charge in [-0.25, -0.2) is 4.98 Å². The normalized spacial score (nSPS) is 23.8. The maximum atomic E-state index is 10.1. The van der Waals surface area contributed by atoms with E-state index >= 15 is 0 Å². The van der Waals surface area contributed by atoms with Crippen LogP contribution in [0, 0.1) is 5.92 Å². The van der Waals surface area contributed by atoms with E-state index in [2.05, 4.69) is 33.2 Å². The highest BCUT2D eigenvalue weighted by Crippen LogP contribution is 2.31. The molecule has 19 heavy (non-hydrogen) atoms. The van der Waals surface area contributed by atoms with Gasteiger partial charge in [-0.2, -0.15) is 4.98 Å². The number of β-amino-alcohol motifs (C(OH)–C–C–N with tert-alkyl or cyclic N) is 1. The molecule has 2 atom stereocenters. The molecule has 5 nitrogen and oxygen atoms in total. The Kier molecular flexibility index (Phi) is 3.28. The monoisotopic (exact) mass is 278 g/mol. The largest absolute Gasteiger partial charge is 0.391 e. The Morgan fingerprint density at radius 3 is 3.05 bits per heavy atom. The number of hydrogen-bond donors (Lipinski definition) is 2. The summed E-state index contributed by atoms with van der Waals surface area (Å²) in [5, 5.41) is 16.2. The number of anilines is 2. The summed E-state index contributed by atoms with van der Waals surface area (Å²) in [5.41, 5.74) is 0. The lowest BCUT2D eigenvalue weighted by Crippen LogP contribution is -2.43. The quantitative estimate of drug-likeness (QED) is 0.879. The number of hydrogen-bond acceptors (Lipinski definition) is 6. The van der Waals surface area contributed by atoms with Crippen molar-refractivity contribution in [2.45, 2.75) is 19.4 Å². The highest BCUT2D eigenvalue weighted by molar-refractivity contribution is 7.16. The van der Waals surface area contributed by atoms with Gasteiger partial charge in [0.15, 0.2) is 0 Å². The number of rotatable bonds is 2. The minimum atomic E-state index is -0.282. The van der Waals surface area contributed by atoms with Crippen LogP contribution in [0.2, 0.25) is 0 Å². The third-order valence-corrected chi connectivity index (χ3v) is 4.55. The first-order valence-corrected chi connectivity index (χ1v) is 7.43. The lowest BCUT2D eigenvalue weighted by Gasteiger charge is -2.35. The summed E-state index contributed by atoms with van der Waals surface area (Å²) in [6.07, 6.45) is 0.710. The molecule has 1 aliphatic rings. The molecule has 6 heteroatoms. The molecule has 2 N–H and O–H groups in total. The molecule has 2 aromatic heterocycles. The molecule has 1 fully saturated rings. The highest BCUT2D eigenvalue weighted by Gasteiger charge is 2.26. The fraction of sp³-hybridized carbons (Fsp3) is 0.538. The van der Waals surface area contributed by atoms with Crippen molar-refractivity contribution in [2.75, 3.05) is 30.4 Å². The maximum Gasteiger partial charge on any atom is 0.225 e. The van der Waals surface area contributed by atoms with Crippen molar-refractivity contribution in [1.82, 2.24) is 9.97 Å². The fourth-order valence-electron chi connectivity index (χ4n) is 2.43. The second kappa shape index (κ2) is 4.94. The van der Waals surface area contributed by atoms with Crippen LogP contribution in [0.1, 0.15) is 13.3 Å². The third-order valence-electron chi connectivity index (χ3n) is 3.75. The summed E-state index contributed by atoms with van der Waals surface area (Å²) in [4.78, 5) is 12.2. The molecule has 3 heterocycles. The van der Waals surface area contributed by atoms with Gasteiger partial charge in [-0.1, -0.05) is 6.92 Å². The van der Waals surface area contributed by atoms with Crippen LogP contribution in [0.15, 0.2) is 11.4 Å². The van der Waals surface area contributed by atoms with Crippen molar-refractivity contribution in [3.63, 3.8) is 0 Å². The van der Waals surface area contributed by atoms with E-state index in [-0.39, 0.29) is 6.10 Å². The average molecular weight is 278 g/mol. The molecule has 0 aromatic carbocycles. The predicted molar refractivity (Wildman–Crippen MR) is 79.0 cm³/mol. The summed E-state index contributed by atoms with van der Waals surface area (Å²) in [5.74, 6) is 1.93. The van der Waals surface area contributed by atoms with E-state index in [1.165, 1.54) is 0 Å². The van der Waals surface area contributed by atoms with Gasteiger partial charge in [0.05, 0.1) is 11.5 Å². The van der Waals surface area contributed by atoms with Crippen molar-refractivity contribution in [2.24, 2.45) is 5.92 Å². The lowest BCUT2D eigenvalue weighted by molar-refractivity contribution is 0.103. The van der Waals surface area contributed by atoms with Gasteiger partial charge in [-0.15, -0.1) is 11.3 Å². The van der Waals surface area contributed by atoms with Gasteiger partial charge in [0, 0.05) is 20.1 Å². The van der Waals surface area contributed by atoms with Crippen LogP contribution in [-0.4, -0.2) is 41.3 Å². The summed E-state index contributed by atoms with van der Waals surface area (Å²) in [6.45, 7) is 3.68. The molecule has 0 radical (unpaired) electrons. The number of aromatic nitrogens is 2. The standard InChI is InChI=1S/C13H18N4OS/c1-8-3-5-17(7-10(8)18)11-9-4-6-19-12(9)16-13(14-2)15-11/h4,6,8,10,18H,3,5,7H2,1-2H3,(H,14,15,16). The fourth-order valence-corrected chi connectivity index (χ4v) is 3.19. The molecule has 2 unspecified atom stereocenters. The van der Waals surface area contributed by atoms with Gasteiger partial charge < -0.3 is 15.3 Å². The van der Waals surface area contributed by atoms with Gasteiger partial charge in [0.2, 0.25) is 5.95 Å². The zero-order valence-corrected chi connectivity index (χ0v) is 11.9. The maximum absolute atomic E-state index is 10.1. The Balaban J connectivity index is 2.01. The SMILES string of the molecule is CNc1nc(N2CCC(C)C(O)C2)c2ccsc2n1. The summed E-state index contributed by atoms with van der Waals surface area (Å²) in [7, 11) is 1.83. The molecule has 0 bridgehead atoms. The molecule has 1 aliphatic heterocycles. The van der Waals surface area contributed by atoms with E-state index in [1.54, 1.807) is 11.3 Å². The smallest absolute Gasteiger partial charge is 0.225 e. The van der Waals surface area contributed by atoms with Crippen molar-refractivity contribution < 1.29 is 5.11 Å². The van der Waals surface area contributed by atoms with Crippen molar-refractivity contribution >= 4 is 33.3 Å². The number of fused-ring (bicyclic) bond motifs is 1. The van der Waals surface area contributed by atoms with Crippen LogP contribution in [-0.2, 0) is 0 Å². The van der Waals surface area contributed by atoms with Crippen molar-refractivity contribution in [3.05, 3.63) is 11.4 Å². The Labute approximate surface area is 116 Å². The van der Waals surface area contributed by atoms with Crippen LogP contribution in [0.5, 0.6) is 0 Å². The number of thiophene rings is 1. The molecule has 3 rings (SSSR count). The number of nitrogens with zero attached hydrogens (tertiary/aromatic N) is 3. The van der Waals surface area contributed by atoms with Gasteiger partial charge in [-0.3, -0.25) is 0 Å². The first-order chi connectivity index (χ1) is 9.19. The second-order valence-corrected chi connectivity index (χ2v) is 5.93. The summed E-state index contributed by atoms with van der Waals surface area (Å²) >= 11 is 1.62. The van der Waals surface area contributed by atoms with Crippen molar-refractivity contribution in [1.29, 1.82) is 0 Å². The average Bonchev–Trinajstić information content (AvgIpc) is 2.89. The second-order valence-electron chi connectivity index (χ2n) is 5.04. The number of nitrogens with one attached hydrogen (secondary N) is 1. The van der Waals surface area contributed by atoms with E-state index in [0.717, 1.165) is 29.0 Å². The molecule has 1 saturated heterocycles. The highest BCUT2D eigenvalue weighted by atomic mass is 32.1. The molecular weight excluding hydrogens is 260 g/mol. The summed E-state index contributed by atoms with van der Waals surface area (Å²) < 4.78 is 0. The van der Waals surface area contributed by atoms with E-state index < -0.39 is 0 Å². The van der Waals surface area contributed by atoms with E-state index in [1.807, 2.05) is 12.4 Å². The third kappa shape index (κ3) is 2.26. The molecular formula is C13H18N4OS. The first-order valence-electron chi connectivity index (χ1n) is 6.55. The van der Waals surface area contributed by atoms with Crippen LogP contribution in [0.3, 0.4) is 0 Å². The molecule has 102 valence electrons.